The summed E-state index contributed by atoms with van der Waals surface area (Å²) < 4.78 is 7.03. The summed E-state index contributed by atoms with van der Waals surface area (Å²) in [5.74, 6) is 1.15. The van der Waals surface area contributed by atoms with Gasteiger partial charge in [-0.15, -0.1) is 0 Å². The molecule has 3 rings (SSSR count). The van der Waals surface area contributed by atoms with E-state index in [1.165, 1.54) is 25.7 Å². The molecule has 1 aliphatic carbocycles. The van der Waals surface area contributed by atoms with Gasteiger partial charge >= 0.3 is 0 Å². The Labute approximate surface area is 176 Å². The summed E-state index contributed by atoms with van der Waals surface area (Å²) in [5, 5.41) is 9.67. The number of rotatable bonds is 6. The Kier molecular flexibility index (Phi) is 7.34. The summed E-state index contributed by atoms with van der Waals surface area (Å²) >= 11 is 3.41. The minimum absolute atomic E-state index is 0.0671. The number of ether oxygens (including phenoxy) is 1. The van der Waals surface area contributed by atoms with Crippen LogP contribution in [0.3, 0.4) is 0 Å². The van der Waals surface area contributed by atoms with Crippen molar-refractivity contribution in [3.63, 3.8) is 0 Å². The van der Waals surface area contributed by atoms with Gasteiger partial charge in [-0.25, -0.2) is 4.98 Å². The van der Waals surface area contributed by atoms with E-state index in [1.807, 2.05) is 6.92 Å². The lowest BCUT2D eigenvalue weighted by Gasteiger charge is -2.38. The molecule has 3 atom stereocenters. The Balaban J connectivity index is 1.82. The highest BCUT2D eigenvalue weighted by Crippen LogP contribution is 2.29. The summed E-state index contributed by atoms with van der Waals surface area (Å²) in [6, 6.07) is 1.51. The molecule has 1 saturated carbocycles. The second-order valence-electron chi connectivity index (χ2n) is 8.50. The first kappa shape index (κ1) is 21.5. The van der Waals surface area contributed by atoms with Crippen LogP contribution >= 0.6 is 15.9 Å². The molecule has 2 heterocycles. The lowest BCUT2D eigenvalue weighted by Crippen LogP contribution is -2.50. The molecule has 1 aromatic rings. The fourth-order valence-electron chi connectivity index (χ4n) is 4.31. The number of hydrogen-bond acceptors (Lipinski definition) is 5. The van der Waals surface area contributed by atoms with Gasteiger partial charge in [0.15, 0.2) is 0 Å². The number of amides is 1. The fraction of sp³-hybridized carbons (Fsp3) is 0.714. The maximum atomic E-state index is 13.1. The third kappa shape index (κ3) is 5.05. The molecule has 0 bridgehead atoms. The standard InChI is InChI=1S/C21H32BrN3O3/c1-14-10-25(15(2)13-26)21(27)18-8-17(22)9-23-20(18)28-19(14)12-24(3)11-16-6-4-5-7-16/h8-9,14-16,19,26H,4-7,10-13H2,1-3H3/t14-,15+,19-/m0/s1. The van der Waals surface area contributed by atoms with E-state index in [1.54, 1.807) is 17.2 Å². The van der Waals surface area contributed by atoms with Crippen LogP contribution in [-0.4, -0.2) is 71.2 Å². The molecule has 1 aromatic heterocycles. The van der Waals surface area contributed by atoms with Gasteiger partial charge in [0.2, 0.25) is 5.88 Å². The number of carbonyl (C=O) groups excluding carboxylic acids is 1. The number of nitrogens with zero attached hydrogens (tertiary/aromatic N) is 3. The van der Waals surface area contributed by atoms with Crippen LogP contribution in [0.5, 0.6) is 5.88 Å². The minimum atomic E-state index is -0.253. The number of aliphatic hydroxyl groups is 1. The SMILES string of the molecule is C[C@H](CO)N1C[C@H](C)[C@H](CN(C)CC2CCCC2)Oc2ncc(Br)cc2C1=O. The molecule has 0 radical (unpaired) electrons. The second-order valence-corrected chi connectivity index (χ2v) is 9.42. The van der Waals surface area contributed by atoms with Crippen molar-refractivity contribution in [1.82, 2.24) is 14.8 Å². The molecular formula is C21H32BrN3O3. The molecule has 1 aliphatic heterocycles. The molecule has 0 saturated heterocycles. The quantitative estimate of drug-likeness (QED) is 0.716. The zero-order chi connectivity index (χ0) is 20.3. The predicted octanol–water partition coefficient (Wildman–Crippen LogP) is 3.19. The maximum Gasteiger partial charge on any atom is 0.259 e. The molecule has 1 fully saturated rings. The maximum absolute atomic E-state index is 13.1. The highest BCUT2D eigenvalue weighted by molar-refractivity contribution is 9.10. The van der Waals surface area contributed by atoms with Crippen LogP contribution in [0, 0.1) is 11.8 Å². The van der Waals surface area contributed by atoms with Crippen molar-refractivity contribution in [1.29, 1.82) is 0 Å². The Morgan fingerprint density at radius 3 is 2.79 bits per heavy atom. The van der Waals surface area contributed by atoms with Crippen LogP contribution in [0.25, 0.3) is 0 Å². The van der Waals surface area contributed by atoms with Crippen LogP contribution in [0.15, 0.2) is 16.7 Å². The Morgan fingerprint density at radius 1 is 1.39 bits per heavy atom. The van der Waals surface area contributed by atoms with E-state index < -0.39 is 0 Å². The smallest absolute Gasteiger partial charge is 0.259 e. The molecular weight excluding hydrogens is 422 g/mol. The second kappa shape index (κ2) is 9.55. The summed E-state index contributed by atoms with van der Waals surface area (Å²) in [6.07, 6.45) is 6.92. The van der Waals surface area contributed by atoms with Crippen molar-refractivity contribution < 1.29 is 14.6 Å². The fourth-order valence-corrected chi connectivity index (χ4v) is 4.64. The van der Waals surface area contributed by atoms with E-state index in [0.717, 1.165) is 23.5 Å². The highest BCUT2D eigenvalue weighted by atomic mass is 79.9. The zero-order valence-electron chi connectivity index (χ0n) is 17.1. The first-order chi connectivity index (χ1) is 13.4. The number of aromatic nitrogens is 1. The Morgan fingerprint density at radius 2 is 2.11 bits per heavy atom. The molecule has 28 heavy (non-hydrogen) atoms. The highest BCUT2D eigenvalue weighted by Gasteiger charge is 2.34. The van der Waals surface area contributed by atoms with Gasteiger partial charge < -0.3 is 19.6 Å². The predicted molar refractivity (Wildman–Crippen MR) is 113 cm³/mol. The van der Waals surface area contributed by atoms with Crippen molar-refractivity contribution in [3.05, 3.63) is 22.3 Å². The average molecular weight is 454 g/mol. The van der Waals surface area contributed by atoms with Gasteiger partial charge in [-0.1, -0.05) is 19.8 Å². The first-order valence-electron chi connectivity index (χ1n) is 10.3. The molecule has 6 nitrogen and oxygen atoms in total. The molecule has 1 N–H and O–H groups in total. The average Bonchev–Trinajstić information content (AvgIpc) is 3.17. The Bertz CT molecular complexity index is 681. The summed E-state index contributed by atoms with van der Waals surface area (Å²) in [6.45, 7) is 6.35. The van der Waals surface area contributed by atoms with Gasteiger partial charge in [-0.3, -0.25) is 4.79 Å². The number of halogens is 1. The van der Waals surface area contributed by atoms with E-state index in [4.69, 9.17) is 4.74 Å². The third-order valence-corrected chi connectivity index (χ3v) is 6.46. The normalized spacial score (nSPS) is 24.6. The van der Waals surface area contributed by atoms with Crippen molar-refractivity contribution in [2.24, 2.45) is 11.8 Å². The Hall–Kier alpha value is -1.18. The van der Waals surface area contributed by atoms with Gasteiger partial charge in [0.25, 0.3) is 5.91 Å². The number of fused-ring (bicyclic) bond motifs is 1. The number of pyridine rings is 1. The summed E-state index contributed by atoms with van der Waals surface area (Å²) in [7, 11) is 2.16. The molecule has 156 valence electrons. The van der Waals surface area contributed by atoms with E-state index in [2.05, 4.69) is 39.8 Å². The zero-order valence-corrected chi connectivity index (χ0v) is 18.7. The van der Waals surface area contributed by atoms with Crippen LogP contribution in [0.4, 0.5) is 0 Å². The summed E-state index contributed by atoms with van der Waals surface area (Å²) in [4.78, 5) is 21.6. The number of likely N-dealkylation sites (N-methyl/N-ethyl adjacent to an activating group) is 1. The lowest BCUT2D eigenvalue weighted by atomic mass is 9.99. The van der Waals surface area contributed by atoms with Crippen molar-refractivity contribution in [2.75, 3.05) is 33.3 Å². The topological polar surface area (TPSA) is 65.9 Å². The number of carbonyl (C=O) groups is 1. The molecule has 0 aromatic carbocycles. The van der Waals surface area contributed by atoms with E-state index in [0.29, 0.717) is 18.0 Å². The van der Waals surface area contributed by atoms with Crippen molar-refractivity contribution in [3.8, 4) is 5.88 Å². The first-order valence-corrected chi connectivity index (χ1v) is 11.1. The largest absolute Gasteiger partial charge is 0.472 e. The van der Waals surface area contributed by atoms with Crippen LogP contribution in [0.2, 0.25) is 0 Å². The van der Waals surface area contributed by atoms with Crippen LogP contribution < -0.4 is 4.74 Å². The molecule has 1 amide bonds. The van der Waals surface area contributed by atoms with E-state index in [-0.39, 0.29) is 30.6 Å². The molecule has 0 unspecified atom stereocenters. The number of hydrogen-bond donors (Lipinski definition) is 1. The van der Waals surface area contributed by atoms with Gasteiger partial charge in [0.1, 0.15) is 11.7 Å². The van der Waals surface area contributed by atoms with Crippen LogP contribution in [0.1, 0.15) is 49.9 Å². The van der Waals surface area contributed by atoms with Gasteiger partial charge in [0.05, 0.1) is 12.6 Å². The monoisotopic (exact) mass is 453 g/mol. The van der Waals surface area contributed by atoms with Crippen molar-refractivity contribution >= 4 is 21.8 Å². The minimum Gasteiger partial charge on any atom is -0.472 e. The third-order valence-electron chi connectivity index (χ3n) is 6.02. The van der Waals surface area contributed by atoms with E-state index in [9.17, 15) is 9.90 Å². The molecule has 7 heteroatoms. The van der Waals surface area contributed by atoms with Gasteiger partial charge in [-0.2, -0.15) is 0 Å². The van der Waals surface area contributed by atoms with Crippen molar-refractivity contribution in [2.45, 2.75) is 51.7 Å². The van der Waals surface area contributed by atoms with E-state index >= 15 is 0 Å². The molecule has 0 spiro atoms. The van der Waals surface area contributed by atoms with Gasteiger partial charge in [0, 0.05) is 36.2 Å². The van der Waals surface area contributed by atoms with Gasteiger partial charge in [-0.05, 0) is 54.7 Å². The molecule has 2 aliphatic rings. The number of aliphatic hydroxyl groups excluding tert-OH is 1. The lowest BCUT2D eigenvalue weighted by molar-refractivity contribution is 0.0319. The summed E-state index contributed by atoms with van der Waals surface area (Å²) in [5.41, 5.74) is 0.449. The van der Waals surface area contributed by atoms with Crippen LogP contribution in [-0.2, 0) is 0 Å².